The van der Waals surface area contributed by atoms with Gasteiger partial charge in [0, 0.05) is 0 Å². The molecule has 1 aromatic carbocycles. The molecule has 2 rings (SSSR count). The topological polar surface area (TPSA) is 18.5 Å². The molecule has 1 aromatic rings. The lowest BCUT2D eigenvalue weighted by atomic mass is 10.1. The van der Waals surface area contributed by atoms with Gasteiger partial charge in [0.05, 0.1) is 0 Å². The van der Waals surface area contributed by atoms with E-state index < -0.39 is 0 Å². The zero-order valence-electron chi connectivity index (χ0n) is 9.00. The van der Waals surface area contributed by atoms with Crippen LogP contribution in [0.2, 0.25) is 0 Å². The van der Waals surface area contributed by atoms with Gasteiger partial charge in [0.1, 0.15) is 0 Å². The summed E-state index contributed by atoms with van der Waals surface area (Å²) in [5.74, 6) is 1.76. The lowest BCUT2D eigenvalue weighted by molar-refractivity contribution is 0.174. The summed E-state index contributed by atoms with van der Waals surface area (Å²) in [6, 6.07) is 6.21. The molecule has 81 valence electrons. The van der Waals surface area contributed by atoms with E-state index in [1.54, 1.807) is 0 Å². The largest absolute Gasteiger partial charge is 0.454 e. The minimum Gasteiger partial charge on any atom is -0.454 e. The molecule has 0 unspecified atom stereocenters. The Labute approximate surface area is 91.2 Å². The van der Waals surface area contributed by atoms with Gasteiger partial charge in [-0.2, -0.15) is 0 Å². The van der Waals surface area contributed by atoms with E-state index in [9.17, 15) is 0 Å². The second-order valence-corrected chi connectivity index (χ2v) is 3.85. The van der Waals surface area contributed by atoms with Crippen molar-refractivity contribution in [2.24, 2.45) is 0 Å². The fraction of sp³-hybridized carbons (Fsp3) is 0.462. The van der Waals surface area contributed by atoms with Crippen LogP contribution in [0.5, 0.6) is 11.5 Å². The molecule has 2 nitrogen and oxygen atoms in total. The van der Waals surface area contributed by atoms with Crippen molar-refractivity contribution in [3.05, 3.63) is 30.7 Å². The molecule has 0 aromatic heterocycles. The Balaban J connectivity index is 1.87. The lowest BCUT2D eigenvalue weighted by Gasteiger charge is -2.02. The van der Waals surface area contributed by atoms with Gasteiger partial charge in [-0.1, -0.05) is 32.3 Å². The quantitative estimate of drug-likeness (QED) is 0.686. The van der Waals surface area contributed by atoms with Crippen LogP contribution in [0.1, 0.15) is 31.2 Å². The molecule has 1 aliphatic heterocycles. The highest BCUT2D eigenvalue weighted by Crippen LogP contribution is 2.32. The summed E-state index contributed by atoms with van der Waals surface area (Å²) >= 11 is 0. The van der Waals surface area contributed by atoms with Crippen molar-refractivity contribution in [3.8, 4) is 11.5 Å². The third-order valence-corrected chi connectivity index (χ3v) is 2.65. The molecule has 15 heavy (non-hydrogen) atoms. The van der Waals surface area contributed by atoms with E-state index in [1.807, 2.05) is 6.07 Å². The second kappa shape index (κ2) is 5.06. The molecule has 1 heterocycles. The summed E-state index contributed by atoms with van der Waals surface area (Å²) in [7, 11) is 0. The predicted molar refractivity (Wildman–Crippen MR) is 60.1 cm³/mol. The number of ether oxygens (including phenoxy) is 2. The van der Waals surface area contributed by atoms with E-state index >= 15 is 0 Å². The molecular weight excluding hydrogens is 188 g/mol. The first-order chi connectivity index (χ1) is 7.40. The van der Waals surface area contributed by atoms with Crippen LogP contribution in [0.4, 0.5) is 0 Å². The van der Waals surface area contributed by atoms with E-state index in [-0.39, 0.29) is 0 Å². The average molecular weight is 205 g/mol. The van der Waals surface area contributed by atoms with Crippen molar-refractivity contribution in [3.63, 3.8) is 0 Å². The molecule has 0 N–H and O–H groups in total. The maximum absolute atomic E-state index is 5.33. The lowest BCUT2D eigenvalue weighted by Crippen LogP contribution is -1.93. The molecule has 0 fully saturated rings. The smallest absolute Gasteiger partial charge is 0.231 e. The molecule has 0 saturated carbocycles. The molecule has 1 aliphatic rings. The van der Waals surface area contributed by atoms with Gasteiger partial charge < -0.3 is 9.47 Å². The van der Waals surface area contributed by atoms with Crippen LogP contribution in [0.25, 0.3) is 0 Å². The Hall–Kier alpha value is -1.18. The standard InChI is InChI=1S/C13H17O2/c1-2-3-4-5-6-11-7-8-12-13(9-11)15-10-14-12/h7-9H,1-6,10H2. The SMILES string of the molecule is [CH2]CCCCCc1ccc2c(c1)OCO2. The Morgan fingerprint density at radius 1 is 1.07 bits per heavy atom. The first kappa shape index (κ1) is 10.3. The van der Waals surface area contributed by atoms with Gasteiger partial charge >= 0.3 is 0 Å². The first-order valence-electron chi connectivity index (χ1n) is 5.58. The zero-order valence-corrected chi connectivity index (χ0v) is 9.00. The minimum atomic E-state index is 0.361. The fourth-order valence-corrected chi connectivity index (χ4v) is 1.78. The van der Waals surface area contributed by atoms with Crippen molar-refractivity contribution in [2.45, 2.75) is 32.1 Å². The number of aryl methyl sites for hydroxylation is 1. The third kappa shape index (κ3) is 2.65. The molecular formula is C13H17O2. The second-order valence-electron chi connectivity index (χ2n) is 3.85. The van der Waals surface area contributed by atoms with Crippen molar-refractivity contribution in [1.29, 1.82) is 0 Å². The number of hydrogen-bond acceptors (Lipinski definition) is 2. The van der Waals surface area contributed by atoms with Gasteiger partial charge in [0.25, 0.3) is 0 Å². The monoisotopic (exact) mass is 205 g/mol. The number of unbranched alkanes of at least 4 members (excludes halogenated alkanes) is 3. The van der Waals surface area contributed by atoms with E-state index in [0.29, 0.717) is 6.79 Å². The Kier molecular flexibility index (Phi) is 3.49. The molecule has 0 amide bonds. The van der Waals surface area contributed by atoms with Crippen LogP contribution in [-0.2, 0) is 6.42 Å². The third-order valence-electron chi connectivity index (χ3n) is 2.65. The van der Waals surface area contributed by atoms with Crippen molar-refractivity contribution in [2.75, 3.05) is 6.79 Å². The van der Waals surface area contributed by atoms with Crippen molar-refractivity contribution >= 4 is 0 Å². The predicted octanol–water partition coefficient (Wildman–Crippen LogP) is 3.35. The Morgan fingerprint density at radius 2 is 1.93 bits per heavy atom. The highest BCUT2D eigenvalue weighted by molar-refractivity contribution is 5.44. The number of rotatable bonds is 5. The summed E-state index contributed by atoms with van der Waals surface area (Å²) < 4.78 is 10.6. The number of benzene rings is 1. The van der Waals surface area contributed by atoms with Gasteiger partial charge in [-0.15, -0.1) is 0 Å². The van der Waals surface area contributed by atoms with E-state index in [4.69, 9.17) is 9.47 Å². The van der Waals surface area contributed by atoms with Crippen molar-refractivity contribution < 1.29 is 9.47 Å². The summed E-state index contributed by atoms with van der Waals surface area (Å²) in [4.78, 5) is 0. The van der Waals surface area contributed by atoms with Gasteiger partial charge in [-0.25, -0.2) is 0 Å². The minimum absolute atomic E-state index is 0.361. The first-order valence-corrected chi connectivity index (χ1v) is 5.58. The highest BCUT2D eigenvalue weighted by Gasteiger charge is 2.12. The summed E-state index contributed by atoms with van der Waals surface area (Å²) in [5, 5.41) is 0. The molecule has 0 aliphatic carbocycles. The molecule has 0 spiro atoms. The fourth-order valence-electron chi connectivity index (χ4n) is 1.78. The van der Waals surface area contributed by atoms with Crippen LogP contribution in [0, 0.1) is 6.92 Å². The van der Waals surface area contributed by atoms with Gasteiger partial charge in [-0.3, -0.25) is 0 Å². The van der Waals surface area contributed by atoms with E-state index in [1.165, 1.54) is 24.8 Å². The highest BCUT2D eigenvalue weighted by atomic mass is 16.7. The van der Waals surface area contributed by atoms with Crippen LogP contribution in [-0.4, -0.2) is 6.79 Å². The molecule has 0 bridgehead atoms. The van der Waals surface area contributed by atoms with Gasteiger partial charge in [0.15, 0.2) is 11.5 Å². The van der Waals surface area contributed by atoms with E-state index in [2.05, 4.69) is 19.1 Å². The van der Waals surface area contributed by atoms with Crippen molar-refractivity contribution in [1.82, 2.24) is 0 Å². The number of fused-ring (bicyclic) bond motifs is 1. The Morgan fingerprint density at radius 3 is 2.80 bits per heavy atom. The van der Waals surface area contributed by atoms with Crippen LogP contribution >= 0.6 is 0 Å². The average Bonchev–Trinajstić information content (AvgIpc) is 2.71. The van der Waals surface area contributed by atoms with Gasteiger partial charge in [-0.05, 0) is 30.5 Å². The summed E-state index contributed by atoms with van der Waals surface area (Å²) in [6.07, 6.45) is 5.88. The zero-order chi connectivity index (χ0) is 10.5. The maximum atomic E-state index is 5.33. The Bertz CT molecular complexity index is 320. The van der Waals surface area contributed by atoms with Crippen LogP contribution in [0.3, 0.4) is 0 Å². The number of hydrogen-bond donors (Lipinski definition) is 0. The maximum Gasteiger partial charge on any atom is 0.231 e. The summed E-state index contributed by atoms with van der Waals surface area (Å²) in [5.41, 5.74) is 1.34. The molecule has 2 heteroatoms. The van der Waals surface area contributed by atoms with Gasteiger partial charge in [0.2, 0.25) is 6.79 Å². The van der Waals surface area contributed by atoms with E-state index in [0.717, 1.165) is 24.3 Å². The normalized spacial score (nSPS) is 13.1. The summed E-state index contributed by atoms with van der Waals surface area (Å²) in [6.45, 7) is 4.20. The van der Waals surface area contributed by atoms with Crippen LogP contribution < -0.4 is 9.47 Å². The molecule has 0 saturated heterocycles. The molecule has 0 atom stereocenters. The van der Waals surface area contributed by atoms with Crippen LogP contribution in [0.15, 0.2) is 18.2 Å². The molecule has 1 radical (unpaired) electrons.